The molecule has 0 unspecified atom stereocenters. The van der Waals surface area contributed by atoms with Gasteiger partial charge in [0.05, 0.1) is 16.6 Å². The summed E-state index contributed by atoms with van der Waals surface area (Å²) in [5.41, 5.74) is 0.248. The van der Waals surface area contributed by atoms with Crippen LogP contribution in [0.25, 0.3) is 0 Å². The van der Waals surface area contributed by atoms with E-state index < -0.39 is 27.0 Å². The van der Waals surface area contributed by atoms with Crippen LogP contribution in [0.3, 0.4) is 0 Å². The van der Waals surface area contributed by atoms with Crippen LogP contribution in [0.5, 0.6) is 0 Å². The van der Waals surface area contributed by atoms with Gasteiger partial charge < -0.3 is 5.11 Å². The molecule has 0 saturated carbocycles. The first kappa shape index (κ1) is 15.7. The van der Waals surface area contributed by atoms with Gasteiger partial charge in [-0.3, -0.25) is 14.9 Å². The molecule has 1 aliphatic rings. The average molecular weight is 332 g/mol. The van der Waals surface area contributed by atoms with E-state index in [2.05, 4.69) is 0 Å². The summed E-state index contributed by atoms with van der Waals surface area (Å²) in [7, 11) is -3.78. The number of carboxylic acids is 1. The maximum Gasteiger partial charge on any atom is 0.322 e. The van der Waals surface area contributed by atoms with Crippen molar-refractivity contribution in [3.8, 4) is 0 Å². The number of aliphatic carboxylic acids is 1. The fraction of sp³-hybridized carbons (Fsp3) is 0.364. The molecule has 1 aromatic carbocycles. The van der Waals surface area contributed by atoms with Gasteiger partial charge in [0, 0.05) is 17.9 Å². The molecule has 0 spiro atoms. The number of benzene rings is 1. The number of nitro benzene ring substituents is 1. The van der Waals surface area contributed by atoms with E-state index in [1.165, 1.54) is 36.0 Å². The summed E-state index contributed by atoms with van der Waals surface area (Å²) in [5.74, 6) is -1.23. The zero-order valence-corrected chi connectivity index (χ0v) is 12.3. The van der Waals surface area contributed by atoms with E-state index in [0.717, 1.165) is 4.31 Å². The van der Waals surface area contributed by atoms with Crippen molar-refractivity contribution in [1.29, 1.82) is 0 Å². The highest BCUT2D eigenvalue weighted by Crippen LogP contribution is 2.26. The third kappa shape index (κ3) is 3.52. The quantitative estimate of drug-likeness (QED) is 0.628. The predicted octanol–water partition coefficient (Wildman–Crippen LogP) is 0.884. The molecule has 1 N–H and O–H groups in total. The van der Waals surface area contributed by atoms with E-state index in [1.54, 1.807) is 0 Å². The summed E-state index contributed by atoms with van der Waals surface area (Å²) in [6.07, 6.45) is 0. The second-order valence-electron chi connectivity index (χ2n) is 4.42. The van der Waals surface area contributed by atoms with Crippen LogP contribution in [-0.2, 0) is 20.6 Å². The molecule has 114 valence electrons. The number of sulfonamides is 1. The lowest BCUT2D eigenvalue weighted by molar-refractivity contribution is -0.384. The Balaban J connectivity index is 2.17. The second kappa shape index (κ2) is 6.00. The highest BCUT2D eigenvalue weighted by atomic mass is 32.2. The molecule has 0 aliphatic carbocycles. The third-order valence-electron chi connectivity index (χ3n) is 2.98. The molecule has 21 heavy (non-hydrogen) atoms. The summed E-state index contributed by atoms with van der Waals surface area (Å²) < 4.78 is 25.5. The molecule has 0 bridgehead atoms. The molecule has 8 nitrogen and oxygen atoms in total. The Bertz CT molecular complexity index is 658. The summed E-state index contributed by atoms with van der Waals surface area (Å²) >= 11 is 1.24. The van der Waals surface area contributed by atoms with Gasteiger partial charge in [-0.1, -0.05) is 12.1 Å². The smallest absolute Gasteiger partial charge is 0.322 e. The van der Waals surface area contributed by atoms with Crippen LogP contribution >= 0.6 is 11.8 Å². The fourth-order valence-corrected chi connectivity index (χ4v) is 5.21. The van der Waals surface area contributed by atoms with Gasteiger partial charge in [-0.2, -0.15) is 4.31 Å². The minimum atomic E-state index is -3.78. The van der Waals surface area contributed by atoms with Gasteiger partial charge in [-0.25, -0.2) is 8.42 Å². The predicted molar refractivity (Wildman–Crippen MR) is 76.3 cm³/mol. The lowest BCUT2D eigenvalue weighted by atomic mass is 10.2. The van der Waals surface area contributed by atoms with Crippen molar-refractivity contribution < 1.29 is 23.2 Å². The molecule has 0 radical (unpaired) electrons. The molecule has 1 atom stereocenters. The van der Waals surface area contributed by atoms with E-state index >= 15 is 0 Å². The van der Waals surface area contributed by atoms with Crippen molar-refractivity contribution >= 4 is 33.4 Å². The number of carbonyl (C=O) groups is 1. The van der Waals surface area contributed by atoms with Gasteiger partial charge in [0.25, 0.3) is 5.69 Å². The molecular weight excluding hydrogens is 320 g/mol. The first-order valence-corrected chi connectivity index (χ1v) is 8.61. The van der Waals surface area contributed by atoms with Crippen molar-refractivity contribution in [3.05, 3.63) is 39.9 Å². The molecule has 1 heterocycles. The van der Waals surface area contributed by atoms with Crippen LogP contribution in [0, 0.1) is 10.1 Å². The molecule has 1 aliphatic heterocycles. The number of rotatable bonds is 5. The van der Waals surface area contributed by atoms with Gasteiger partial charge in [-0.05, 0) is 5.56 Å². The van der Waals surface area contributed by atoms with Crippen molar-refractivity contribution in [3.63, 3.8) is 0 Å². The second-order valence-corrected chi connectivity index (χ2v) is 7.34. The molecule has 10 heteroatoms. The normalized spacial score (nSPS) is 19.5. The minimum absolute atomic E-state index is 0.103. The summed E-state index contributed by atoms with van der Waals surface area (Å²) in [5, 5.41) is 19.6. The van der Waals surface area contributed by atoms with E-state index in [-0.39, 0.29) is 23.1 Å². The Labute approximate surface area is 125 Å². The van der Waals surface area contributed by atoms with Crippen LogP contribution in [0.15, 0.2) is 24.3 Å². The Kier molecular flexibility index (Phi) is 4.49. The average Bonchev–Trinajstić information content (AvgIpc) is 2.89. The SMILES string of the molecule is O=C(O)[C@@H]1CSCN1S(=O)(=O)Cc1ccc([N+](=O)[O-])cc1. The Hall–Kier alpha value is -1.65. The lowest BCUT2D eigenvalue weighted by Crippen LogP contribution is -2.42. The highest BCUT2D eigenvalue weighted by molar-refractivity contribution is 8.00. The standard InChI is InChI=1S/C11H12N2O6S2/c14-11(15)10-5-20-7-12(10)21(18,19)6-8-1-3-9(4-2-8)13(16)17/h1-4,10H,5-7H2,(H,14,15)/t10-/m0/s1. The van der Waals surface area contributed by atoms with E-state index in [0.29, 0.717) is 5.56 Å². The van der Waals surface area contributed by atoms with Crippen LogP contribution in [0.1, 0.15) is 5.56 Å². The van der Waals surface area contributed by atoms with Crippen LogP contribution in [-0.4, -0.2) is 46.4 Å². The van der Waals surface area contributed by atoms with E-state index in [9.17, 15) is 23.3 Å². The van der Waals surface area contributed by atoms with E-state index in [1.807, 2.05) is 0 Å². The molecule has 1 fully saturated rings. The number of hydrogen-bond acceptors (Lipinski definition) is 6. The number of nitro groups is 1. The monoisotopic (exact) mass is 332 g/mol. The summed E-state index contributed by atoms with van der Waals surface area (Å²) in [6, 6.07) is 4.10. The number of carboxylic acid groups (broad SMARTS) is 1. The number of hydrogen-bond donors (Lipinski definition) is 1. The number of nitrogens with zero attached hydrogens (tertiary/aromatic N) is 2. The van der Waals surface area contributed by atoms with Gasteiger partial charge in [0.1, 0.15) is 6.04 Å². The number of non-ortho nitro benzene ring substituents is 1. The summed E-state index contributed by atoms with van der Waals surface area (Å²) in [6.45, 7) is 0. The number of thioether (sulfide) groups is 1. The first-order valence-electron chi connectivity index (χ1n) is 5.84. The fourth-order valence-electron chi connectivity index (χ4n) is 1.90. The largest absolute Gasteiger partial charge is 0.480 e. The van der Waals surface area contributed by atoms with Crippen molar-refractivity contribution in [2.75, 3.05) is 11.6 Å². The van der Waals surface area contributed by atoms with Gasteiger partial charge >= 0.3 is 5.97 Å². The molecule has 1 saturated heterocycles. The maximum absolute atomic E-state index is 12.3. The van der Waals surface area contributed by atoms with Gasteiger partial charge in [-0.15, -0.1) is 11.8 Å². The molecule has 0 aromatic heterocycles. The highest BCUT2D eigenvalue weighted by Gasteiger charge is 2.39. The van der Waals surface area contributed by atoms with Crippen molar-refractivity contribution in [1.82, 2.24) is 4.31 Å². The zero-order chi connectivity index (χ0) is 15.6. The van der Waals surface area contributed by atoms with Gasteiger partial charge in [0.2, 0.25) is 10.0 Å². The van der Waals surface area contributed by atoms with Crippen LogP contribution in [0.4, 0.5) is 5.69 Å². The molecule has 2 rings (SSSR count). The lowest BCUT2D eigenvalue weighted by Gasteiger charge is -2.19. The zero-order valence-electron chi connectivity index (χ0n) is 10.7. The first-order chi connectivity index (χ1) is 9.81. The third-order valence-corrected chi connectivity index (χ3v) is 5.95. The Morgan fingerprint density at radius 2 is 2.05 bits per heavy atom. The molecule has 1 aromatic rings. The Morgan fingerprint density at radius 3 is 2.57 bits per heavy atom. The molecule has 0 amide bonds. The van der Waals surface area contributed by atoms with Crippen molar-refractivity contribution in [2.24, 2.45) is 0 Å². The van der Waals surface area contributed by atoms with E-state index in [4.69, 9.17) is 5.11 Å². The summed E-state index contributed by atoms with van der Waals surface area (Å²) in [4.78, 5) is 21.0. The van der Waals surface area contributed by atoms with Crippen LogP contribution in [0.2, 0.25) is 0 Å². The Morgan fingerprint density at radius 1 is 1.43 bits per heavy atom. The topological polar surface area (TPSA) is 118 Å². The minimum Gasteiger partial charge on any atom is -0.480 e. The maximum atomic E-state index is 12.3. The van der Waals surface area contributed by atoms with Gasteiger partial charge in [0.15, 0.2) is 0 Å². The molecular formula is C11H12N2O6S2. The van der Waals surface area contributed by atoms with Crippen molar-refractivity contribution in [2.45, 2.75) is 11.8 Å². The van der Waals surface area contributed by atoms with Crippen LogP contribution < -0.4 is 0 Å².